The summed E-state index contributed by atoms with van der Waals surface area (Å²) in [7, 11) is 0. The lowest BCUT2D eigenvalue weighted by atomic mass is 9.91. The molecule has 0 saturated carbocycles. The van der Waals surface area contributed by atoms with Crippen LogP contribution < -0.4 is 5.32 Å². The molecule has 3 N–H and O–H groups in total. The minimum atomic E-state index is -1.00. The first-order valence-corrected chi connectivity index (χ1v) is 19.3. The summed E-state index contributed by atoms with van der Waals surface area (Å²) in [5.41, 5.74) is 8.21. The maximum atomic E-state index is 12.1. The number of rotatable bonds is 14. The van der Waals surface area contributed by atoms with Crippen molar-refractivity contribution in [1.29, 1.82) is 0 Å². The van der Waals surface area contributed by atoms with E-state index in [4.69, 9.17) is 24.0 Å². The minimum Gasteiger partial charge on any atom is -0.481 e. The predicted octanol–water partition coefficient (Wildman–Crippen LogP) is 9.23. The number of hydrogen-bond donors (Lipinski definition) is 3. The van der Waals surface area contributed by atoms with Gasteiger partial charge in [0.15, 0.2) is 12.1 Å². The molecule has 1 fully saturated rings. The van der Waals surface area contributed by atoms with Gasteiger partial charge in [0, 0.05) is 41.3 Å². The summed E-state index contributed by atoms with van der Waals surface area (Å²) in [5, 5.41) is 21.9. The number of aliphatic hydroxyl groups is 1. The third-order valence-electron chi connectivity index (χ3n) is 9.66. The van der Waals surface area contributed by atoms with E-state index < -0.39 is 12.3 Å². The highest BCUT2D eigenvalue weighted by Gasteiger charge is 2.39. The first kappa shape index (κ1) is 37.8. The van der Waals surface area contributed by atoms with Crippen LogP contribution in [0.1, 0.15) is 54.4 Å². The first-order valence-electron chi connectivity index (χ1n) is 18.3. The number of benzene rings is 5. The molecule has 1 aliphatic rings. The third kappa shape index (κ3) is 9.41. The van der Waals surface area contributed by atoms with E-state index in [0.29, 0.717) is 17.5 Å². The monoisotopic (exact) mass is 754 g/mol. The Bertz CT molecular complexity index is 2150. The molecule has 0 spiro atoms. The third-order valence-corrected chi connectivity index (χ3v) is 10.6. The van der Waals surface area contributed by atoms with E-state index in [9.17, 15) is 14.7 Å². The molecule has 7 rings (SSSR count). The smallest absolute Gasteiger partial charge is 0.303 e. The summed E-state index contributed by atoms with van der Waals surface area (Å²) < 4.78 is 20.0. The highest BCUT2D eigenvalue weighted by Crippen LogP contribution is 2.44. The summed E-state index contributed by atoms with van der Waals surface area (Å²) in [6.45, 7) is 2.39. The van der Waals surface area contributed by atoms with Crippen molar-refractivity contribution in [3.63, 3.8) is 0 Å². The van der Waals surface area contributed by atoms with Gasteiger partial charge in [0.1, 0.15) is 5.69 Å². The number of carboxylic acid groups (broad SMARTS) is 1. The second-order valence-corrected chi connectivity index (χ2v) is 14.5. The zero-order valence-corrected chi connectivity index (χ0v) is 31.2. The van der Waals surface area contributed by atoms with Crippen LogP contribution in [0.4, 0.5) is 0 Å². The topological polar surface area (TPSA) is 131 Å². The Morgan fingerprint density at radius 3 is 2.11 bits per heavy atom. The second kappa shape index (κ2) is 17.7. The van der Waals surface area contributed by atoms with Gasteiger partial charge in [0.25, 0.3) is 5.22 Å². The van der Waals surface area contributed by atoms with E-state index in [0.717, 1.165) is 56.0 Å². The predicted molar refractivity (Wildman–Crippen MR) is 212 cm³/mol. The van der Waals surface area contributed by atoms with Gasteiger partial charge < -0.3 is 29.4 Å². The zero-order valence-electron chi connectivity index (χ0n) is 30.3. The number of carboxylic acids is 1. The van der Waals surface area contributed by atoms with E-state index in [1.165, 1.54) is 11.8 Å². The number of amides is 1. The molecule has 1 aromatic heterocycles. The van der Waals surface area contributed by atoms with E-state index in [-0.39, 0.29) is 43.5 Å². The van der Waals surface area contributed by atoms with Crippen LogP contribution in [-0.2, 0) is 32.2 Å². The fourth-order valence-corrected chi connectivity index (χ4v) is 7.62. The lowest BCUT2D eigenvalue weighted by Crippen LogP contribution is -2.38. The molecule has 55 heavy (non-hydrogen) atoms. The van der Waals surface area contributed by atoms with Crippen molar-refractivity contribution in [2.24, 2.45) is 5.92 Å². The van der Waals surface area contributed by atoms with Gasteiger partial charge in [-0.15, -0.1) is 0 Å². The van der Waals surface area contributed by atoms with Crippen molar-refractivity contribution in [3.05, 3.63) is 156 Å². The van der Waals surface area contributed by atoms with Crippen LogP contribution in [0.3, 0.4) is 0 Å². The largest absolute Gasteiger partial charge is 0.481 e. The summed E-state index contributed by atoms with van der Waals surface area (Å²) >= 11 is 1.52. The first-order chi connectivity index (χ1) is 26.8. The number of oxazole rings is 1. The lowest BCUT2D eigenvalue weighted by Gasteiger charge is -2.41. The van der Waals surface area contributed by atoms with Crippen LogP contribution in [0.2, 0.25) is 0 Å². The Kier molecular flexibility index (Phi) is 12.2. The van der Waals surface area contributed by atoms with E-state index in [2.05, 4.69) is 18.3 Å². The van der Waals surface area contributed by atoms with Crippen LogP contribution in [0.25, 0.3) is 33.7 Å². The van der Waals surface area contributed by atoms with Crippen LogP contribution in [0, 0.1) is 5.92 Å². The van der Waals surface area contributed by atoms with Gasteiger partial charge in [-0.3, -0.25) is 9.59 Å². The Morgan fingerprint density at radius 2 is 1.40 bits per heavy atom. The standard InChI is InChI=1S/C45H42N2O7S/c1-29-38(28-55-45-47-41(32-11-4-2-5-12-32)43(54-45)33-13-6-3-7-14-33)52-44(53-42(29)34-20-18-30(27-48)19-21-34)37-17-9-16-36(25-37)35-15-8-10-31(24-35)26-46-39(49)22-23-40(50)51/h2-21,24-25,29,38,42,44,48H,22-23,26-28H2,1H3,(H,46,49)(H,50,51)/t29-,38+,42+,44+/m0/s1. The van der Waals surface area contributed by atoms with Gasteiger partial charge in [-0.1, -0.05) is 140 Å². The Balaban J connectivity index is 1.13. The van der Waals surface area contributed by atoms with Crippen LogP contribution >= 0.6 is 11.8 Å². The summed E-state index contributed by atoms with van der Waals surface area (Å²) in [6.07, 6.45) is -1.48. The fourth-order valence-electron chi connectivity index (χ4n) is 6.64. The summed E-state index contributed by atoms with van der Waals surface area (Å²) in [5.74, 6) is -0.0598. The number of ether oxygens (including phenoxy) is 2. The van der Waals surface area contributed by atoms with Gasteiger partial charge in [-0.25, -0.2) is 4.98 Å². The molecular weight excluding hydrogens is 713 g/mol. The van der Waals surface area contributed by atoms with Crippen molar-refractivity contribution < 1.29 is 33.7 Å². The average molecular weight is 755 g/mol. The number of thioether (sulfide) groups is 1. The molecule has 9 nitrogen and oxygen atoms in total. The van der Waals surface area contributed by atoms with Crippen molar-refractivity contribution in [3.8, 4) is 33.7 Å². The molecule has 4 atom stereocenters. The molecule has 280 valence electrons. The van der Waals surface area contributed by atoms with Crippen molar-refractivity contribution in [2.75, 3.05) is 5.75 Å². The fraction of sp³-hybridized carbons (Fsp3) is 0.222. The molecule has 1 aliphatic heterocycles. The van der Waals surface area contributed by atoms with Crippen molar-refractivity contribution >= 4 is 23.6 Å². The number of aliphatic hydroxyl groups excluding tert-OH is 1. The molecule has 5 aromatic carbocycles. The molecule has 1 amide bonds. The van der Waals surface area contributed by atoms with Crippen molar-refractivity contribution in [2.45, 2.75) is 56.6 Å². The van der Waals surface area contributed by atoms with E-state index in [1.54, 1.807) is 0 Å². The molecule has 0 unspecified atom stereocenters. The molecule has 0 radical (unpaired) electrons. The average Bonchev–Trinajstić information content (AvgIpc) is 3.67. The number of hydrogen-bond acceptors (Lipinski definition) is 8. The maximum Gasteiger partial charge on any atom is 0.303 e. The van der Waals surface area contributed by atoms with Crippen molar-refractivity contribution in [1.82, 2.24) is 10.3 Å². The summed E-state index contributed by atoms with van der Waals surface area (Å²) in [4.78, 5) is 28.0. The number of nitrogens with zero attached hydrogens (tertiary/aromatic N) is 1. The van der Waals surface area contributed by atoms with Gasteiger partial charge >= 0.3 is 5.97 Å². The van der Waals surface area contributed by atoms with Crippen LogP contribution in [0.15, 0.2) is 143 Å². The number of aliphatic carboxylic acids is 1. The number of nitrogens with one attached hydrogen (secondary N) is 1. The highest BCUT2D eigenvalue weighted by molar-refractivity contribution is 7.99. The molecule has 1 saturated heterocycles. The number of aromatic nitrogens is 1. The highest BCUT2D eigenvalue weighted by atomic mass is 32.2. The van der Waals surface area contributed by atoms with E-state index >= 15 is 0 Å². The van der Waals surface area contributed by atoms with Gasteiger partial charge in [-0.2, -0.15) is 0 Å². The number of carbonyl (C=O) groups excluding carboxylic acids is 1. The Labute approximate surface area is 324 Å². The minimum absolute atomic E-state index is 0.0357. The quantitative estimate of drug-likeness (QED) is 0.0932. The molecular formula is C45H42N2O7S. The molecule has 0 aliphatic carbocycles. The van der Waals surface area contributed by atoms with Crippen LogP contribution in [0.5, 0.6) is 0 Å². The number of carbonyl (C=O) groups is 2. The molecule has 0 bridgehead atoms. The maximum absolute atomic E-state index is 12.1. The normalized spacial score (nSPS) is 18.1. The molecule has 6 aromatic rings. The van der Waals surface area contributed by atoms with Crippen LogP contribution in [-0.4, -0.2) is 38.9 Å². The van der Waals surface area contributed by atoms with Gasteiger partial charge in [0.2, 0.25) is 5.91 Å². The Hall–Kier alpha value is -5.52. The Morgan fingerprint density at radius 1 is 0.727 bits per heavy atom. The van der Waals surface area contributed by atoms with E-state index in [1.807, 2.05) is 127 Å². The summed E-state index contributed by atoms with van der Waals surface area (Å²) in [6, 6.07) is 43.9. The molecule has 10 heteroatoms. The molecule has 2 heterocycles. The zero-order chi connectivity index (χ0) is 38.1. The van der Waals surface area contributed by atoms with Gasteiger partial charge in [-0.05, 0) is 39.9 Å². The second-order valence-electron chi connectivity index (χ2n) is 13.5. The van der Waals surface area contributed by atoms with Gasteiger partial charge in [0.05, 0.1) is 25.2 Å². The lowest BCUT2D eigenvalue weighted by molar-refractivity contribution is -0.268. The SMILES string of the molecule is C[C@H]1[C@@H](CSc2nc(-c3ccccc3)c(-c3ccccc3)o2)O[C@@H](c2cccc(-c3cccc(CNC(=O)CCC(=O)O)c3)c2)O[C@H]1c1ccc(CO)cc1.